The maximum atomic E-state index is 10.8. The molecule has 0 aliphatic rings. The molecule has 0 aliphatic heterocycles. The third-order valence-corrected chi connectivity index (χ3v) is 3.62. The highest BCUT2D eigenvalue weighted by Crippen LogP contribution is 2.30. The van der Waals surface area contributed by atoms with E-state index in [1.165, 1.54) is 19.2 Å². The van der Waals surface area contributed by atoms with Crippen molar-refractivity contribution in [2.45, 2.75) is 6.61 Å². The lowest BCUT2D eigenvalue weighted by molar-refractivity contribution is -0.384. The summed E-state index contributed by atoms with van der Waals surface area (Å²) in [5.41, 5.74) is 7.00. The molecule has 2 aromatic carbocycles. The second-order valence-electron chi connectivity index (χ2n) is 5.16. The van der Waals surface area contributed by atoms with E-state index in [4.69, 9.17) is 32.7 Å². The Morgan fingerprint density at radius 1 is 1.35 bits per heavy atom. The van der Waals surface area contributed by atoms with Gasteiger partial charge in [-0.05, 0) is 29.3 Å². The fourth-order valence-electron chi connectivity index (χ4n) is 2.14. The van der Waals surface area contributed by atoms with Crippen molar-refractivity contribution in [3.05, 3.63) is 69.3 Å². The fourth-order valence-corrected chi connectivity index (χ4v) is 2.24. The summed E-state index contributed by atoms with van der Waals surface area (Å²) in [5.74, 6) is 0.911. The van der Waals surface area contributed by atoms with Gasteiger partial charge in [-0.3, -0.25) is 10.1 Å². The molecule has 26 heavy (non-hydrogen) atoms. The first-order valence-corrected chi connectivity index (χ1v) is 7.81. The van der Waals surface area contributed by atoms with Gasteiger partial charge in [0.2, 0.25) is 0 Å². The Balaban J connectivity index is 2.20. The zero-order chi connectivity index (χ0) is 19.1. The number of nitrogens with zero attached hydrogens (tertiary/aromatic N) is 2. The molecule has 0 amide bonds. The lowest BCUT2D eigenvalue weighted by atomic mass is 10.1. The first-order valence-electron chi connectivity index (χ1n) is 7.40. The number of nitrogens with two attached hydrogens (primary N) is 1. The first kappa shape index (κ1) is 18.9. The van der Waals surface area contributed by atoms with Gasteiger partial charge in [0.25, 0.3) is 5.69 Å². The highest BCUT2D eigenvalue weighted by Gasteiger charge is 2.09. The molecule has 0 aliphatic carbocycles. The van der Waals surface area contributed by atoms with Gasteiger partial charge in [-0.2, -0.15) is 5.26 Å². The van der Waals surface area contributed by atoms with Crippen molar-refractivity contribution in [2.75, 3.05) is 7.11 Å². The quantitative estimate of drug-likeness (QED) is 0.262. The Hall–Kier alpha value is -3.44. The van der Waals surface area contributed by atoms with Crippen LogP contribution >= 0.6 is 12.2 Å². The average molecular weight is 369 g/mol. The van der Waals surface area contributed by atoms with Crippen molar-refractivity contribution in [3.8, 4) is 17.6 Å². The standard InChI is InChI=1S/C18H15N3O4S/c1-24-17-9-12(7-14(10-19)18(20)26)5-6-16(17)25-11-13-3-2-4-15(8-13)21(22)23/h2-9H,11H2,1H3,(H2,20,26)/b14-7+. The molecular formula is C18H15N3O4S. The van der Waals surface area contributed by atoms with Gasteiger partial charge in [-0.25, -0.2) is 0 Å². The molecule has 2 rings (SSSR count). The number of hydrogen-bond donors (Lipinski definition) is 1. The van der Waals surface area contributed by atoms with E-state index < -0.39 is 4.92 Å². The van der Waals surface area contributed by atoms with Gasteiger partial charge < -0.3 is 15.2 Å². The molecule has 0 fully saturated rings. The lowest BCUT2D eigenvalue weighted by Gasteiger charge is -2.11. The van der Waals surface area contributed by atoms with Gasteiger partial charge in [-0.15, -0.1) is 0 Å². The Morgan fingerprint density at radius 3 is 2.73 bits per heavy atom. The summed E-state index contributed by atoms with van der Waals surface area (Å²) in [7, 11) is 1.49. The fraction of sp³-hybridized carbons (Fsp3) is 0.111. The maximum Gasteiger partial charge on any atom is 0.269 e. The number of nitro groups is 1. The summed E-state index contributed by atoms with van der Waals surface area (Å²) >= 11 is 4.81. The van der Waals surface area contributed by atoms with Gasteiger partial charge in [0.05, 0.1) is 17.6 Å². The highest BCUT2D eigenvalue weighted by molar-refractivity contribution is 7.80. The second-order valence-corrected chi connectivity index (χ2v) is 5.60. The molecule has 7 nitrogen and oxygen atoms in total. The van der Waals surface area contributed by atoms with Gasteiger partial charge >= 0.3 is 0 Å². The summed E-state index contributed by atoms with van der Waals surface area (Å²) in [4.78, 5) is 10.4. The smallest absolute Gasteiger partial charge is 0.269 e. The number of methoxy groups -OCH3 is 1. The van der Waals surface area contributed by atoms with Crippen molar-refractivity contribution < 1.29 is 14.4 Å². The van der Waals surface area contributed by atoms with Crippen LogP contribution in [-0.2, 0) is 6.61 Å². The Kier molecular flexibility index (Phi) is 6.25. The monoisotopic (exact) mass is 369 g/mol. The molecule has 0 aromatic heterocycles. The molecule has 132 valence electrons. The van der Waals surface area contributed by atoms with Crippen LogP contribution in [0, 0.1) is 21.4 Å². The minimum absolute atomic E-state index is 0.000312. The van der Waals surface area contributed by atoms with Gasteiger partial charge in [0.15, 0.2) is 11.5 Å². The van der Waals surface area contributed by atoms with Gasteiger partial charge in [0.1, 0.15) is 17.7 Å². The SMILES string of the molecule is COc1cc(/C=C(\C#N)C(N)=S)ccc1OCc1cccc([N+](=O)[O-])c1. The Morgan fingerprint density at radius 2 is 2.12 bits per heavy atom. The summed E-state index contributed by atoms with van der Waals surface area (Å²) in [5, 5.41) is 19.8. The van der Waals surface area contributed by atoms with Crippen LogP contribution in [0.4, 0.5) is 5.69 Å². The van der Waals surface area contributed by atoms with Crippen LogP contribution in [0.25, 0.3) is 6.08 Å². The Bertz CT molecular complexity index is 919. The molecule has 8 heteroatoms. The molecule has 0 atom stereocenters. The molecule has 2 N–H and O–H groups in total. The summed E-state index contributed by atoms with van der Waals surface area (Å²) in [6.45, 7) is 0.142. The van der Waals surface area contributed by atoms with Crippen molar-refractivity contribution in [2.24, 2.45) is 5.73 Å². The summed E-state index contributed by atoms with van der Waals surface area (Å²) < 4.78 is 11.0. The van der Waals surface area contributed by atoms with Crippen LogP contribution in [0.3, 0.4) is 0 Å². The molecule has 2 aromatic rings. The van der Waals surface area contributed by atoms with E-state index in [1.807, 2.05) is 6.07 Å². The van der Waals surface area contributed by atoms with Crippen LogP contribution in [0.5, 0.6) is 11.5 Å². The second kappa shape index (κ2) is 8.60. The number of ether oxygens (including phenoxy) is 2. The van der Waals surface area contributed by atoms with E-state index in [-0.39, 0.29) is 22.9 Å². The Labute approximate surface area is 155 Å². The normalized spacial score (nSPS) is 10.7. The largest absolute Gasteiger partial charge is 0.493 e. The van der Waals surface area contributed by atoms with E-state index in [1.54, 1.807) is 36.4 Å². The molecule has 0 bridgehead atoms. The zero-order valence-electron chi connectivity index (χ0n) is 13.8. The zero-order valence-corrected chi connectivity index (χ0v) is 14.7. The third kappa shape index (κ3) is 4.78. The first-order chi connectivity index (χ1) is 12.4. The summed E-state index contributed by atoms with van der Waals surface area (Å²) in [6, 6.07) is 13.2. The van der Waals surface area contributed by atoms with Crippen molar-refractivity contribution in [1.82, 2.24) is 0 Å². The van der Waals surface area contributed by atoms with Gasteiger partial charge in [0, 0.05) is 12.1 Å². The van der Waals surface area contributed by atoms with E-state index in [9.17, 15) is 10.1 Å². The number of thiocarbonyl (C=S) groups is 1. The van der Waals surface area contributed by atoms with E-state index in [2.05, 4.69) is 0 Å². The molecule has 0 saturated heterocycles. The number of benzene rings is 2. The minimum Gasteiger partial charge on any atom is -0.493 e. The molecule has 0 radical (unpaired) electrons. The minimum atomic E-state index is -0.458. The van der Waals surface area contributed by atoms with Crippen LogP contribution in [0.2, 0.25) is 0 Å². The molecule has 0 heterocycles. The number of nitriles is 1. The van der Waals surface area contributed by atoms with E-state index >= 15 is 0 Å². The maximum absolute atomic E-state index is 10.8. The van der Waals surface area contributed by atoms with Gasteiger partial charge in [-0.1, -0.05) is 30.4 Å². The van der Waals surface area contributed by atoms with Crippen LogP contribution in [-0.4, -0.2) is 17.0 Å². The summed E-state index contributed by atoms with van der Waals surface area (Å²) in [6.07, 6.45) is 1.55. The van der Waals surface area contributed by atoms with Crippen molar-refractivity contribution in [3.63, 3.8) is 0 Å². The molecule has 0 saturated carbocycles. The number of hydrogen-bond acceptors (Lipinski definition) is 6. The molecule has 0 spiro atoms. The van der Waals surface area contributed by atoms with Crippen LogP contribution in [0.1, 0.15) is 11.1 Å². The average Bonchev–Trinajstić information content (AvgIpc) is 2.64. The predicted molar refractivity (Wildman–Crippen MR) is 101 cm³/mol. The molecular weight excluding hydrogens is 354 g/mol. The highest BCUT2D eigenvalue weighted by atomic mass is 32.1. The number of nitro benzene ring substituents is 1. The molecule has 0 unspecified atom stereocenters. The third-order valence-electron chi connectivity index (χ3n) is 3.40. The van der Waals surface area contributed by atoms with E-state index in [0.29, 0.717) is 22.6 Å². The number of non-ortho nitro benzene ring substituents is 1. The topological polar surface area (TPSA) is 111 Å². The lowest BCUT2D eigenvalue weighted by Crippen LogP contribution is -2.09. The van der Waals surface area contributed by atoms with E-state index in [0.717, 1.165) is 0 Å². The van der Waals surface area contributed by atoms with Crippen LogP contribution in [0.15, 0.2) is 48.0 Å². The van der Waals surface area contributed by atoms with Crippen molar-refractivity contribution in [1.29, 1.82) is 5.26 Å². The van der Waals surface area contributed by atoms with Crippen molar-refractivity contribution >= 4 is 29.0 Å². The number of rotatable bonds is 7. The van der Waals surface area contributed by atoms with Crippen LogP contribution < -0.4 is 15.2 Å². The predicted octanol–water partition coefficient (Wildman–Crippen LogP) is 3.38.